The van der Waals surface area contributed by atoms with Gasteiger partial charge in [0.25, 0.3) is 15.9 Å². The number of benzene rings is 3. The Morgan fingerprint density at radius 2 is 1.32 bits per heavy atom. The highest BCUT2D eigenvalue weighted by Crippen LogP contribution is 2.26. The molecule has 0 unspecified atom stereocenters. The SMILES string of the molecule is Cc1ccc(NS(=O)(=O)c2cc(C(=O)Nc3c(C)cc(C)cc3C)ccc2C)c(C)c1. The van der Waals surface area contributed by atoms with E-state index in [1.54, 1.807) is 25.1 Å². The van der Waals surface area contributed by atoms with E-state index in [9.17, 15) is 13.2 Å². The summed E-state index contributed by atoms with van der Waals surface area (Å²) in [4.78, 5) is 13.0. The average Bonchev–Trinajstić information content (AvgIpc) is 2.67. The van der Waals surface area contributed by atoms with Crippen LogP contribution in [0.4, 0.5) is 11.4 Å². The number of aryl methyl sites for hydroxylation is 6. The minimum atomic E-state index is -3.86. The van der Waals surface area contributed by atoms with Crippen molar-refractivity contribution in [1.82, 2.24) is 0 Å². The first kappa shape index (κ1) is 22.6. The van der Waals surface area contributed by atoms with Crippen molar-refractivity contribution in [2.45, 2.75) is 46.4 Å². The molecule has 3 aromatic rings. The van der Waals surface area contributed by atoms with E-state index in [-0.39, 0.29) is 16.4 Å². The minimum absolute atomic E-state index is 0.0810. The van der Waals surface area contributed by atoms with Gasteiger partial charge in [0.2, 0.25) is 0 Å². The van der Waals surface area contributed by atoms with E-state index in [4.69, 9.17) is 0 Å². The van der Waals surface area contributed by atoms with Gasteiger partial charge in [0.05, 0.1) is 10.6 Å². The largest absolute Gasteiger partial charge is 0.322 e. The Labute approximate surface area is 184 Å². The number of carbonyl (C=O) groups is 1. The number of sulfonamides is 1. The fourth-order valence-corrected chi connectivity index (χ4v) is 5.12. The van der Waals surface area contributed by atoms with Crippen LogP contribution in [0.3, 0.4) is 0 Å². The van der Waals surface area contributed by atoms with Gasteiger partial charge in [-0.05, 0) is 82.0 Å². The molecule has 3 rings (SSSR count). The number of anilines is 2. The van der Waals surface area contributed by atoms with E-state index < -0.39 is 10.0 Å². The van der Waals surface area contributed by atoms with Crippen LogP contribution in [0.5, 0.6) is 0 Å². The third-order valence-electron chi connectivity index (χ3n) is 5.28. The van der Waals surface area contributed by atoms with Crippen LogP contribution in [-0.2, 0) is 10.0 Å². The summed E-state index contributed by atoms with van der Waals surface area (Å²) in [5.74, 6) is -0.349. The topological polar surface area (TPSA) is 75.3 Å². The summed E-state index contributed by atoms with van der Waals surface area (Å²) in [7, 11) is -3.86. The molecule has 31 heavy (non-hydrogen) atoms. The van der Waals surface area contributed by atoms with Gasteiger partial charge in [-0.25, -0.2) is 8.42 Å². The first-order valence-corrected chi connectivity index (χ1v) is 11.6. The number of carbonyl (C=O) groups excluding carboxylic acids is 1. The molecular weight excluding hydrogens is 408 g/mol. The van der Waals surface area contributed by atoms with Gasteiger partial charge in [-0.1, -0.05) is 41.5 Å². The molecule has 3 aromatic carbocycles. The van der Waals surface area contributed by atoms with Gasteiger partial charge in [-0.2, -0.15) is 0 Å². The van der Waals surface area contributed by atoms with Crippen molar-refractivity contribution in [3.05, 3.63) is 87.5 Å². The number of hydrogen-bond acceptors (Lipinski definition) is 3. The summed E-state index contributed by atoms with van der Waals surface area (Å²) < 4.78 is 28.8. The molecule has 0 aliphatic rings. The third kappa shape index (κ3) is 4.97. The lowest BCUT2D eigenvalue weighted by Crippen LogP contribution is -2.18. The molecule has 0 atom stereocenters. The smallest absolute Gasteiger partial charge is 0.262 e. The maximum Gasteiger partial charge on any atom is 0.262 e. The minimum Gasteiger partial charge on any atom is -0.322 e. The second-order valence-corrected chi connectivity index (χ2v) is 9.78. The first-order chi connectivity index (χ1) is 14.5. The van der Waals surface area contributed by atoms with Crippen LogP contribution < -0.4 is 10.0 Å². The Bertz CT molecular complexity index is 1250. The Kier molecular flexibility index (Phi) is 6.23. The molecule has 162 valence electrons. The lowest BCUT2D eigenvalue weighted by molar-refractivity contribution is 0.102. The van der Waals surface area contributed by atoms with Crippen LogP contribution in [-0.4, -0.2) is 14.3 Å². The van der Waals surface area contributed by atoms with Crippen LogP contribution >= 0.6 is 0 Å². The van der Waals surface area contributed by atoms with Crippen molar-refractivity contribution in [1.29, 1.82) is 0 Å². The molecule has 0 saturated carbocycles. The Morgan fingerprint density at radius 1 is 0.710 bits per heavy atom. The molecule has 0 aliphatic carbocycles. The predicted molar refractivity (Wildman–Crippen MR) is 127 cm³/mol. The summed E-state index contributed by atoms with van der Waals surface area (Å²) >= 11 is 0. The van der Waals surface area contributed by atoms with Crippen molar-refractivity contribution >= 4 is 27.3 Å². The lowest BCUT2D eigenvalue weighted by Gasteiger charge is -2.15. The van der Waals surface area contributed by atoms with E-state index in [1.807, 2.05) is 58.9 Å². The summed E-state index contributed by atoms with van der Waals surface area (Å²) in [5, 5.41) is 2.93. The van der Waals surface area contributed by atoms with Crippen molar-refractivity contribution in [3.63, 3.8) is 0 Å². The van der Waals surface area contributed by atoms with Crippen molar-refractivity contribution in [3.8, 4) is 0 Å². The fourth-order valence-electron chi connectivity index (χ4n) is 3.72. The van der Waals surface area contributed by atoms with E-state index in [0.717, 1.165) is 33.5 Å². The van der Waals surface area contributed by atoms with E-state index >= 15 is 0 Å². The molecule has 6 heteroatoms. The molecule has 2 N–H and O–H groups in total. The van der Waals surface area contributed by atoms with Crippen LogP contribution in [0.2, 0.25) is 0 Å². The maximum absolute atomic E-state index is 13.1. The second kappa shape index (κ2) is 8.55. The Hall–Kier alpha value is -3.12. The monoisotopic (exact) mass is 436 g/mol. The maximum atomic E-state index is 13.1. The molecule has 0 saturated heterocycles. The quantitative estimate of drug-likeness (QED) is 0.547. The van der Waals surface area contributed by atoms with Crippen molar-refractivity contribution in [2.24, 2.45) is 0 Å². The zero-order valence-corrected chi connectivity index (χ0v) is 19.6. The summed E-state index contributed by atoms with van der Waals surface area (Å²) in [6.45, 7) is 11.4. The van der Waals surface area contributed by atoms with Gasteiger partial charge in [-0.3, -0.25) is 9.52 Å². The molecule has 0 bridgehead atoms. The second-order valence-electron chi connectivity index (χ2n) is 8.13. The molecule has 0 fully saturated rings. The molecular formula is C25H28N2O3S. The highest BCUT2D eigenvalue weighted by atomic mass is 32.2. The van der Waals surface area contributed by atoms with Crippen LogP contribution in [0.25, 0.3) is 0 Å². The van der Waals surface area contributed by atoms with E-state index in [0.29, 0.717) is 11.3 Å². The van der Waals surface area contributed by atoms with Gasteiger partial charge in [0.1, 0.15) is 0 Å². The molecule has 0 aliphatic heterocycles. The number of hydrogen-bond donors (Lipinski definition) is 2. The van der Waals surface area contributed by atoms with Crippen molar-refractivity contribution in [2.75, 3.05) is 10.0 Å². The molecule has 0 spiro atoms. The van der Waals surface area contributed by atoms with Gasteiger partial charge in [0.15, 0.2) is 0 Å². The van der Waals surface area contributed by atoms with Gasteiger partial charge >= 0.3 is 0 Å². The Balaban J connectivity index is 1.93. The predicted octanol–water partition coefficient (Wildman–Crippen LogP) is 5.59. The van der Waals surface area contributed by atoms with Gasteiger partial charge < -0.3 is 5.32 Å². The molecule has 0 aromatic heterocycles. The zero-order valence-electron chi connectivity index (χ0n) is 18.8. The molecule has 1 amide bonds. The van der Waals surface area contributed by atoms with Crippen LogP contribution in [0, 0.1) is 41.5 Å². The highest BCUT2D eigenvalue weighted by Gasteiger charge is 2.20. The number of rotatable bonds is 5. The lowest BCUT2D eigenvalue weighted by atomic mass is 10.0. The Morgan fingerprint density at radius 3 is 1.94 bits per heavy atom. The fraction of sp³-hybridized carbons (Fsp3) is 0.240. The van der Waals surface area contributed by atoms with Crippen LogP contribution in [0.1, 0.15) is 43.7 Å². The summed E-state index contributed by atoms with van der Waals surface area (Å²) in [5.41, 5.74) is 7.04. The van der Waals surface area contributed by atoms with Crippen molar-refractivity contribution < 1.29 is 13.2 Å². The first-order valence-electron chi connectivity index (χ1n) is 10.1. The molecule has 0 radical (unpaired) electrons. The van der Waals surface area contributed by atoms with Gasteiger partial charge in [0, 0.05) is 11.3 Å². The molecule has 5 nitrogen and oxygen atoms in total. The average molecular weight is 437 g/mol. The standard InChI is InChI=1S/C25H28N2O3S/c1-15-7-10-22(18(4)11-15)27-31(29,30)23-14-21(9-8-17(23)3)25(28)26-24-19(5)12-16(2)13-20(24)6/h7-14,27H,1-6H3,(H,26,28). The van der Waals surface area contributed by atoms with Gasteiger partial charge in [-0.15, -0.1) is 0 Å². The number of nitrogens with one attached hydrogen (secondary N) is 2. The van der Waals surface area contributed by atoms with E-state index in [2.05, 4.69) is 10.0 Å². The summed E-state index contributed by atoms with van der Waals surface area (Å²) in [6.07, 6.45) is 0. The van der Waals surface area contributed by atoms with Crippen LogP contribution in [0.15, 0.2) is 53.4 Å². The summed E-state index contributed by atoms with van der Waals surface area (Å²) in [6, 6.07) is 14.2. The number of amides is 1. The third-order valence-corrected chi connectivity index (χ3v) is 6.79. The zero-order chi connectivity index (χ0) is 22.9. The normalized spacial score (nSPS) is 11.3. The van der Waals surface area contributed by atoms with E-state index in [1.165, 1.54) is 6.07 Å². The molecule has 0 heterocycles. The highest BCUT2D eigenvalue weighted by molar-refractivity contribution is 7.92.